The molecule has 52 heavy (non-hydrogen) atoms. The van der Waals surface area contributed by atoms with E-state index in [0.717, 1.165) is 54.6 Å². The van der Waals surface area contributed by atoms with E-state index in [1.807, 2.05) is 0 Å². The molecule has 0 radical (unpaired) electrons. The number of phenolic OH excluding ortho intramolecular Hbond substituents is 7. The molecule has 1 heterocycles. The van der Waals surface area contributed by atoms with Crippen LogP contribution in [-0.4, -0.2) is 82.0 Å². The van der Waals surface area contributed by atoms with Gasteiger partial charge < -0.3 is 59.8 Å². The number of carboxylic acid groups (broad SMARTS) is 2. The third-order valence-electron chi connectivity index (χ3n) is 7.63. The van der Waals surface area contributed by atoms with Crippen LogP contribution in [0.2, 0.25) is 0 Å². The lowest BCUT2D eigenvalue weighted by Gasteiger charge is -2.15. The molecule has 0 aliphatic carbocycles. The lowest BCUT2D eigenvalue weighted by atomic mass is 10.0. The number of hydrogen-bond acceptors (Lipinski definition) is 14. The molecular formula is C36H28O16. The lowest BCUT2D eigenvalue weighted by molar-refractivity contribution is -0.160. The Labute approximate surface area is 291 Å². The molecule has 1 aromatic heterocycles. The number of carbonyl (C=O) groups excluding carboxylic acids is 2. The van der Waals surface area contributed by atoms with Gasteiger partial charge in [-0.3, -0.25) is 0 Å². The number of ether oxygens (including phenoxy) is 2. The minimum Gasteiger partial charge on any atom is -0.504 e. The largest absolute Gasteiger partial charge is 0.504 e. The van der Waals surface area contributed by atoms with Crippen molar-refractivity contribution < 1.29 is 79.0 Å². The van der Waals surface area contributed by atoms with E-state index in [4.69, 9.17) is 13.9 Å². The Morgan fingerprint density at radius 2 is 1.13 bits per heavy atom. The van der Waals surface area contributed by atoms with Crippen LogP contribution in [0.15, 0.2) is 77.2 Å². The van der Waals surface area contributed by atoms with Gasteiger partial charge in [0, 0.05) is 29.9 Å². The van der Waals surface area contributed by atoms with Gasteiger partial charge in [-0.1, -0.05) is 12.1 Å². The van der Waals surface area contributed by atoms with Gasteiger partial charge in [0.15, 0.2) is 45.8 Å². The number of phenols is 7. The average molecular weight is 717 g/mol. The number of carboxylic acids is 2. The van der Waals surface area contributed by atoms with Crippen molar-refractivity contribution in [1.82, 2.24) is 0 Å². The summed E-state index contributed by atoms with van der Waals surface area (Å²) >= 11 is 0. The number of fused-ring (bicyclic) bond motifs is 1. The quantitative estimate of drug-likeness (QED) is 0.0498. The molecule has 0 spiro atoms. The van der Waals surface area contributed by atoms with E-state index in [2.05, 4.69) is 0 Å². The summed E-state index contributed by atoms with van der Waals surface area (Å²) in [7, 11) is 0. The number of benzene rings is 4. The summed E-state index contributed by atoms with van der Waals surface area (Å²) < 4.78 is 16.2. The fourth-order valence-corrected chi connectivity index (χ4v) is 5.08. The van der Waals surface area contributed by atoms with Gasteiger partial charge in [-0.2, -0.15) is 0 Å². The van der Waals surface area contributed by atoms with Crippen LogP contribution < -0.4 is 0 Å². The first-order chi connectivity index (χ1) is 24.6. The molecule has 0 saturated heterocycles. The maximum atomic E-state index is 13.7. The number of aliphatic carboxylic acids is 2. The van der Waals surface area contributed by atoms with Crippen LogP contribution in [0.1, 0.15) is 27.0 Å². The number of rotatable bonds is 12. The molecule has 0 amide bonds. The van der Waals surface area contributed by atoms with Gasteiger partial charge in [0.25, 0.3) is 0 Å². The molecule has 16 nitrogen and oxygen atoms in total. The standard InChI is InChI=1S/C36H28O16/c37-21-5-1-17(10-24(21)40)13-28(34(45)46)50-30(44)8-3-16-9-20-31(32(52-33(20)27(43)12-16)19-4-7-23(39)26(42)15-19)36(49)51-29(35(47)48)14-18-2-6-22(38)25(41)11-18/h1-12,15,28-29,37-43H,13-14H2,(H,45,46)(H,47,48)/b8-3+/t28-,29-/m1/s1. The van der Waals surface area contributed by atoms with Gasteiger partial charge in [-0.25, -0.2) is 19.2 Å². The van der Waals surface area contributed by atoms with Crippen LogP contribution in [0.4, 0.5) is 0 Å². The normalized spacial score (nSPS) is 12.4. The number of carbonyl (C=O) groups is 4. The van der Waals surface area contributed by atoms with Crippen LogP contribution in [-0.2, 0) is 36.7 Å². The van der Waals surface area contributed by atoms with Crippen LogP contribution in [0, 0.1) is 0 Å². The van der Waals surface area contributed by atoms with E-state index in [9.17, 15) is 65.1 Å². The summed E-state index contributed by atoms with van der Waals surface area (Å²) in [6.45, 7) is 0. The number of furan rings is 1. The van der Waals surface area contributed by atoms with Crippen molar-refractivity contribution in [3.05, 3.63) is 95.1 Å². The molecule has 0 aliphatic heterocycles. The summed E-state index contributed by atoms with van der Waals surface area (Å²) in [4.78, 5) is 50.3. The molecule has 4 aromatic carbocycles. The van der Waals surface area contributed by atoms with Crippen LogP contribution >= 0.6 is 0 Å². The van der Waals surface area contributed by atoms with Crippen LogP contribution in [0.25, 0.3) is 28.4 Å². The Hall–Kier alpha value is -7.36. The second kappa shape index (κ2) is 14.6. The first kappa shape index (κ1) is 35.9. The van der Waals surface area contributed by atoms with Crippen LogP contribution in [0.3, 0.4) is 0 Å². The van der Waals surface area contributed by atoms with Crippen molar-refractivity contribution in [2.75, 3.05) is 0 Å². The highest BCUT2D eigenvalue weighted by Crippen LogP contribution is 2.41. The summed E-state index contributed by atoms with van der Waals surface area (Å²) in [5.41, 5.74) is -0.279. The summed E-state index contributed by atoms with van der Waals surface area (Å²) in [6.07, 6.45) is -2.43. The van der Waals surface area contributed by atoms with E-state index in [-0.39, 0.29) is 45.4 Å². The minimum atomic E-state index is -1.85. The monoisotopic (exact) mass is 716 g/mol. The molecule has 0 unspecified atom stereocenters. The highest BCUT2D eigenvalue weighted by atomic mass is 16.6. The first-order valence-electron chi connectivity index (χ1n) is 15.0. The Kier molecular flexibility index (Phi) is 10.1. The molecule has 0 saturated carbocycles. The fraction of sp³-hybridized carbons (Fsp3) is 0.111. The van der Waals surface area contributed by atoms with Crippen molar-refractivity contribution in [1.29, 1.82) is 0 Å². The lowest BCUT2D eigenvalue weighted by Crippen LogP contribution is -2.29. The van der Waals surface area contributed by atoms with Crippen molar-refractivity contribution in [3.8, 4) is 51.6 Å². The van der Waals surface area contributed by atoms with Crippen molar-refractivity contribution in [2.24, 2.45) is 0 Å². The third kappa shape index (κ3) is 7.92. The maximum Gasteiger partial charge on any atom is 0.345 e. The molecule has 2 atom stereocenters. The van der Waals surface area contributed by atoms with Crippen LogP contribution in [0.5, 0.6) is 40.2 Å². The predicted molar refractivity (Wildman–Crippen MR) is 177 cm³/mol. The molecule has 0 bridgehead atoms. The Balaban J connectivity index is 1.49. The highest BCUT2D eigenvalue weighted by molar-refractivity contribution is 6.11. The van der Waals surface area contributed by atoms with Crippen molar-refractivity contribution in [3.63, 3.8) is 0 Å². The zero-order valence-corrected chi connectivity index (χ0v) is 26.5. The highest BCUT2D eigenvalue weighted by Gasteiger charge is 2.31. The van der Waals surface area contributed by atoms with Gasteiger partial charge in [-0.05, 0) is 77.4 Å². The second-order valence-electron chi connectivity index (χ2n) is 11.3. The topological polar surface area (TPSA) is 282 Å². The van der Waals surface area contributed by atoms with Crippen molar-refractivity contribution >= 4 is 40.9 Å². The molecule has 5 aromatic rings. The van der Waals surface area contributed by atoms with E-state index in [1.165, 1.54) is 24.3 Å². The predicted octanol–water partition coefficient (Wildman–Crippen LogP) is 4.14. The Morgan fingerprint density at radius 1 is 0.615 bits per heavy atom. The van der Waals surface area contributed by atoms with E-state index >= 15 is 0 Å². The Morgan fingerprint density at radius 3 is 1.65 bits per heavy atom. The van der Waals surface area contributed by atoms with Gasteiger partial charge in [-0.15, -0.1) is 0 Å². The molecule has 16 heteroatoms. The van der Waals surface area contributed by atoms with Gasteiger partial charge >= 0.3 is 23.9 Å². The smallest absolute Gasteiger partial charge is 0.345 e. The number of esters is 2. The molecule has 5 rings (SSSR count). The molecule has 0 aliphatic rings. The zero-order chi connectivity index (χ0) is 37.9. The van der Waals surface area contributed by atoms with Gasteiger partial charge in [0.1, 0.15) is 11.3 Å². The van der Waals surface area contributed by atoms with E-state index in [0.29, 0.717) is 0 Å². The molecule has 268 valence electrons. The molecule has 9 N–H and O–H groups in total. The first-order valence-corrected chi connectivity index (χ1v) is 15.0. The summed E-state index contributed by atoms with van der Waals surface area (Å²) in [6, 6.07) is 12.8. The molecular weight excluding hydrogens is 688 g/mol. The third-order valence-corrected chi connectivity index (χ3v) is 7.63. The van der Waals surface area contributed by atoms with Gasteiger partial charge in [0.2, 0.25) is 12.2 Å². The Bertz CT molecular complexity index is 2250. The molecule has 0 fully saturated rings. The summed E-state index contributed by atoms with van der Waals surface area (Å²) in [5, 5.41) is 88.7. The SMILES string of the molecule is O=C(/C=C/c1cc(O)c2oc(-c3ccc(O)c(O)c3)c(C(=O)O[C@H](Cc3ccc(O)c(O)c3)C(=O)O)c2c1)O[C@H](Cc1ccc(O)c(O)c1)C(=O)O. The number of aromatic hydroxyl groups is 7. The van der Waals surface area contributed by atoms with E-state index < -0.39 is 88.3 Å². The van der Waals surface area contributed by atoms with E-state index in [1.54, 1.807) is 0 Å². The second-order valence-corrected chi connectivity index (χ2v) is 11.3. The maximum absolute atomic E-state index is 13.7. The van der Waals surface area contributed by atoms with Crippen molar-refractivity contribution in [2.45, 2.75) is 25.0 Å². The fourth-order valence-electron chi connectivity index (χ4n) is 5.08. The van der Waals surface area contributed by atoms with Gasteiger partial charge in [0.05, 0.1) is 0 Å². The zero-order valence-electron chi connectivity index (χ0n) is 26.5. The minimum absolute atomic E-state index is 0.00416. The number of hydrogen-bond donors (Lipinski definition) is 9. The average Bonchev–Trinajstić information content (AvgIpc) is 3.48. The summed E-state index contributed by atoms with van der Waals surface area (Å²) in [5.74, 6) is -9.46.